The van der Waals surface area contributed by atoms with Gasteiger partial charge < -0.3 is 25.8 Å². The molecule has 7 aromatic rings. The standard InChI is InChI=1S/C43H35N11O27S7/c1-18-11-29(31(81-9-2-10-82(61,62)63)16-28(18)49-46-25-7-4-20(83(45,64)65)13-23(25)43(57)58)50-52-38-34(86(72,73)74)14-22-21(40(38)55)5-8-27(42(22)88(78,79)80)48-51-30-17-32(84(66,67)68)24-15-35(87(75,76)77)39(41(56)36(24)37(30)44)53-47-26-6-3-19(54(59)60)12-33(26)85(69,70)71/h3-8,11-17,55-56H,2,9-10,44H2,1H3,(H,57,58)(H2,45,64,65)(H,61,62,63)(H,66,67,68)(H,69,70,71)(H,72,73,74)(H,75,76,77)(H,78,79,80). The summed E-state index contributed by atoms with van der Waals surface area (Å²) in [4.78, 5) is 14.4. The summed E-state index contributed by atoms with van der Waals surface area (Å²) in [6.45, 7) is 0.817. The van der Waals surface area contributed by atoms with Gasteiger partial charge in [-0.2, -0.15) is 55.6 Å². The number of nitrogens with zero attached hydrogens (tertiary/aromatic N) is 9. The molecule has 466 valence electrons. The number of aromatic hydroxyl groups is 2. The Bertz CT molecular complexity index is 5180. The van der Waals surface area contributed by atoms with Crippen molar-refractivity contribution in [2.75, 3.05) is 18.1 Å². The molecule has 38 nitrogen and oxygen atoms in total. The highest BCUT2D eigenvalue weighted by molar-refractivity contribution is 7.89. The Kier molecular flexibility index (Phi) is 18.0. The summed E-state index contributed by atoms with van der Waals surface area (Å²) in [7, 11) is -37.2. The first kappa shape index (κ1) is 66.4. The molecule has 0 saturated heterocycles. The zero-order chi connectivity index (χ0) is 65.8. The number of nitro groups is 1. The summed E-state index contributed by atoms with van der Waals surface area (Å²) >= 11 is 0. The molecule has 7 rings (SSSR count). The number of carbonyl (C=O) groups is 1. The van der Waals surface area contributed by atoms with Crippen LogP contribution < -0.4 is 15.6 Å². The second-order valence-corrected chi connectivity index (χ2v) is 27.6. The number of carboxylic acids is 1. The van der Waals surface area contributed by atoms with Gasteiger partial charge in [-0.15, -0.1) is 35.8 Å². The number of anilines is 1. The van der Waals surface area contributed by atoms with Crippen LogP contribution in [0.25, 0.3) is 21.5 Å². The SMILES string of the molecule is Cc1cc(N=Nc2c(S(=O)(=O)O)cc3c(S(=O)(=O)O)c(N=Nc4cc(S(=O)(=O)O)c5cc(S(=O)(=O)O)c(N=Nc6ccc([N+](=O)[O-])cc6S(=O)(=O)O)c(O)c5c4N)ccc3c2O)c(OCCCS(=O)(=O)O)cc1N=Nc1ccc(S(N)(=O)=O)cc1C(=O)O. The molecule has 0 aromatic heterocycles. The number of hydrogen-bond donors (Lipinski definition) is 11. The van der Waals surface area contributed by atoms with Gasteiger partial charge in [-0.3, -0.25) is 37.4 Å². The highest BCUT2D eigenvalue weighted by Crippen LogP contribution is 2.50. The van der Waals surface area contributed by atoms with Crippen LogP contribution in [-0.2, 0) is 70.7 Å². The topological polar surface area (TPSA) is 641 Å². The van der Waals surface area contributed by atoms with Crippen molar-refractivity contribution in [2.45, 2.75) is 42.7 Å². The molecule has 13 N–H and O–H groups in total. The maximum Gasteiger partial charge on any atom is 0.338 e. The number of ether oxygens (including phenoxy) is 1. The van der Waals surface area contributed by atoms with Gasteiger partial charge in [0.05, 0.1) is 44.5 Å². The lowest BCUT2D eigenvalue weighted by Crippen LogP contribution is -2.13. The quantitative estimate of drug-likeness (QED) is 0.00853. The molecule has 0 bridgehead atoms. The molecule has 0 amide bonds. The van der Waals surface area contributed by atoms with Crippen molar-refractivity contribution in [2.24, 2.45) is 46.1 Å². The van der Waals surface area contributed by atoms with Crippen molar-refractivity contribution < 1.29 is 116 Å². The minimum absolute atomic E-state index is 0.0770. The molecule has 0 aliphatic heterocycles. The number of sulfonamides is 1. The molecule has 0 saturated carbocycles. The molecule has 0 radical (unpaired) electrons. The molecule has 45 heteroatoms. The lowest BCUT2D eigenvalue weighted by Gasteiger charge is -2.15. The monoisotopic (exact) mass is 1360 g/mol. The number of nitrogen functional groups attached to an aromatic ring is 1. The van der Waals surface area contributed by atoms with Gasteiger partial charge in [0.15, 0.2) is 11.5 Å². The molecule has 0 spiro atoms. The number of rotatable bonds is 21. The van der Waals surface area contributed by atoms with E-state index in [1.165, 1.54) is 6.92 Å². The first-order valence-electron chi connectivity index (χ1n) is 22.8. The lowest BCUT2D eigenvalue weighted by molar-refractivity contribution is -0.385. The Morgan fingerprint density at radius 2 is 1.06 bits per heavy atom. The van der Waals surface area contributed by atoms with Crippen LogP contribution in [0.15, 0.2) is 149 Å². The number of azo groups is 4. The van der Waals surface area contributed by atoms with Crippen LogP contribution in [0.3, 0.4) is 0 Å². The number of benzene rings is 7. The van der Waals surface area contributed by atoms with Gasteiger partial charge in [0.1, 0.15) is 70.0 Å². The number of phenols is 2. The van der Waals surface area contributed by atoms with E-state index >= 15 is 0 Å². The minimum Gasteiger partial charge on any atom is -0.505 e. The van der Waals surface area contributed by atoms with Gasteiger partial charge in [-0.25, -0.2) is 18.4 Å². The largest absolute Gasteiger partial charge is 0.505 e. The van der Waals surface area contributed by atoms with Crippen LogP contribution in [0.5, 0.6) is 17.2 Å². The van der Waals surface area contributed by atoms with E-state index < -0.39 is 225 Å². The predicted octanol–water partition coefficient (Wildman–Crippen LogP) is 7.10. The first-order chi connectivity index (χ1) is 40.4. The molecule has 7 aromatic carbocycles. The molecule has 0 aliphatic rings. The summed E-state index contributed by atoms with van der Waals surface area (Å²) < 4.78 is 240. The van der Waals surface area contributed by atoms with Gasteiger partial charge >= 0.3 is 5.97 Å². The Hall–Kier alpha value is -9.10. The van der Waals surface area contributed by atoms with E-state index in [0.717, 1.165) is 30.3 Å². The van der Waals surface area contributed by atoms with Crippen molar-refractivity contribution >= 4 is 155 Å². The van der Waals surface area contributed by atoms with Gasteiger partial charge in [0.2, 0.25) is 10.0 Å². The first-order valence-corrected chi connectivity index (χ1v) is 33.1. The lowest BCUT2D eigenvalue weighted by atomic mass is 10.0. The van der Waals surface area contributed by atoms with Crippen LogP contribution in [0.2, 0.25) is 0 Å². The van der Waals surface area contributed by atoms with Crippen LogP contribution in [0.1, 0.15) is 22.3 Å². The van der Waals surface area contributed by atoms with E-state index in [9.17, 15) is 116 Å². The number of phenolic OH excluding ortho intramolecular Hbond substituents is 2. The second kappa shape index (κ2) is 23.9. The Morgan fingerprint density at radius 1 is 0.545 bits per heavy atom. The third-order valence-electron chi connectivity index (χ3n) is 11.7. The van der Waals surface area contributed by atoms with Crippen LogP contribution >= 0.6 is 0 Å². The smallest absolute Gasteiger partial charge is 0.338 e. The molecule has 88 heavy (non-hydrogen) atoms. The third-order valence-corrected chi connectivity index (χ3v) is 17.8. The fourth-order valence-electron chi connectivity index (χ4n) is 7.79. The number of nitrogens with two attached hydrogens (primary N) is 2. The van der Waals surface area contributed by atoms with Crippen molar-refractivity contribution in [1.29, 1.82) is 0 Å². The van der Waals surface area contributed by atoms with E-state index in [1.54, 1.807) is 0 Å². The fourth-order valence-corrected chi connectivity index (χ4v) is 12.3. The summed E-state index contributed by atoms with van der Waals surface area (Å²) in [6.07, 6.45) is -0.393. The van der Waals surface area contributed by atoms with E-state index in [0.29, 0.717) is 42.5 Å². The van der Waals surface area contributed by atoms with Crippen LogP contribution in [-0.4, -0.2) is 125 Å². The van der Waals surface area contributed by atoms with Crippen molar-refractivity contribution in [3.05, 3.63) is 100 Å². The van der Waals surface area contributed by atoms with E-state index in [2.05, 4.69) is 40.9 Å². The molecular weight excluding hydrogens is 1330 g/mol. The Balaban J connectivity index is 1.39. The zero-order valence-corrected chi connectivity index (χ0v) is 48.8. The third kappa shape index (κ3) is 14.6. The molecule has 0 atom stereocenters. The number of carboxylic acid groups (broad SMARTS) is 1. The van der Waals surface area contributed by atoms with E-state index in [1.807, 2.05) is 0 Å². The number of fused-ring (bicyclic) bond motifs is 2. The van der Waals surface area contributed by atoms with E-state index in [-0.39, 0.29) is 17.3 Å². The summed E-state index contributed by atoms with van der Waals surface area (Å²) in [5.41, 5.74) is -2.86. The number of hydrogen-bond acceptors (Lipinski definition) is 29. The summed E-state index contributed by atoms with van der Waals surface area (Å²) in [5.74, 6) is -5.80. The second-order valence-electron chi connectivity index (χ2n) is 17.6. The number of primary sulfonamides is 1. The Morgan fingerprint density at radius 3 is 1.60 bits per heavy atom. The highest BCUT2D eigenvalue weighted by atomic mass is 32.2. The molecule has 0 fully saturated rings. The molecule has 0 unspecified atom stereocenters. The average Bonchev–Trinajstić information content (AvgIpc) is 0.757. The average molecular weight is 1360 g/mol. The molecular formula is C43H35N11O27S7. The maximum atomic E-state index is 13.2. The number of aromatic carboxylic acids is 1. The maximum absolute atomic E-state index is 13.2. The normalized spacial score (nSPS) is 13.2. The van der Waals surface area contributed by atoms with Gasteiger partial charge in [-0.1, -0.05) is 0 Å². The van der Waals surface area contributed by atoms with Gasteiger partial charge in [0.25, 0.3) is 66.4 Å². The zero-order valence-electron chi connectivity index (χ0n) is 43.0. The van der Waals surface area contributed by atoms with Crippen LogP contribution in [0.4, 0.5) is 56.9 Å². The van der Waals surface area contributed by atoms with Gasteiger partial charge in [-0.05, 0) is 79.6 Å². The molecule has 0 aliphatic carbocycles. The highest BCUT2D eigenvalue weighted by Gasteiger charge is 2.32. The Labute approximate surface area is 492 Å². The number of nitro benzene ring substituents is 1. The summed E-state index contributed by atoms with van der Waals surface area (Å²) in [5, 5.41) is 74.9. The number of aryl methyl sites for hydroxylation is 1. The van der Waals surface area contributed by atoms with Crippen molar-refractivity contribution in [3.63, 3.8) is 0 Å². The summed E-state index contributed by atoms with van der Waals surface area (Å²) in [6, 6.07) is 8.58. The van der Waals surface area contributed by atoms with Crippen molar-refractivity contribution in [1.82, 2.24) is 0 Å². The predicted molar refractivity (Wildman–Crippen MR) is 297 cm³/mol. The molecule has 0 heterocycles. The van der Waals surface area contributed by atoms with Crippen molar-refractivity contribution in [3.8, 4) is 17.2 Å². The van der Waals surface area contributed by atoms with Crippen LogP contribution in [0, 0.1) is 17.0 Å². The van der Waals surface area contributed by atoms with E-state index in [4.69, 9.17) is 15.6 Å². The number of non-ortho nitro benzene ring substituents is 1. The fraction of sp³-hybridized carbons (Fsp3) is 0.0930. The van der Waals surface area contributed by atoms with Gasteiger partial charge in [0, 0.05) is 34.4 Å². The minimum atomic E-state index is -5.78.